The molecule has 0 spiro atoms. The summed E-state index contributed by atoms with van der Waals surface area (Å²) in [6.45, 7) is 0.751. The van der Waals surface area contributed by atoms with Crippen LogP contribution >= 0.6 is 0 Å². The maximum atomic E-state index is 12.8. The molecule has 0 radical (unpaired) electrons. The molecule has 0 N–H and O–H groups in total. The van der Waals surface area contributed by atoms with Crippen molar-refractivity contribution in [2.24, 2.45) is 0 Å². The van der Waals surface area contributed by atoms with Crippen LogP contribution in [0.4, 0.5) is 13.2 Å². The van der Waals surface area contributed by atoms with Crippen LogP contribution in [0.5, 0.6) is 0 Å². The van der Waals surface area contributed by atoms with Gasteiger partial charge in [-0.1, -0.05) is 54.6 Å². The van der Waals surface area contributed by atoms with Gasteiger partial charge in [0.1, 0.15) is 0 Å². The molecule has 130 valence electrons. The Morgan fingerprint density at radius 3 is 2.15 bits per heavy atom. The summed E-state index contributed by atoms with van der Waals surface area (Å²) in [5, 5.41) is 1.03. The fourth-order valence-electron chi connectivity index (χ4n) is 3.23. The van der Waals surface area contributed by atoms with Crippen LogP contribution in [0.25, 0.3) is 22.0 Å². The summed E-state index contributed by atoms with van der Waals surface area (Å²) in [6, 6.07) is 23.4. The normalized spacial score (nSPS) is 11.8. The molecule has 0 aliphatic carbocycles. The predicted molar refractivity (Wildman–Crippen MR) is 97.9 cm³/mol. The van der Waals surface area contributed by atoms with Gasteiger partial charge in [0.05, 0.1) is 5.56 Å². The van der Waals surface area contributed by atoms with Crippen LogP contribution in [0, 0.1) is 0 Å². The van der Waals surface area contributed by atoms with Gasteiger partial charge in [0.2, 0.25) is 0 Å². The molecule has 3 aromatic carbocycles. The maximum absolute atomic E-state index is 12.8. The number of fused-ring (bicyclic) bond motifs is 1. The second-order valence-corrected chi connectivity index (χ2v) is 6.24. The van der Waals surface area contributed by atoms with E-state index in [2.05, 4.69) is 16.7 Å². The molecular weight excluding hydrogens is 335 g/mol. The molecule has 0 aliphatic heterocycles. The number of hydrogen-bond acceptors (Lipinski definition) is 0. The molecule has 1 heterocycles. The second kappa shape index (κ2) is 6.37. The number of hydrogen-bond donors (Lipinski definition) is 0. The van der Waals surface area contributed by atoms with Crippen molar-refractivity contribution in [2.45, 2.75) is 12.7 Å². The van der Waals surface area contributed by atoms with Crippen molar-refractivity contribution in [2.75, 3.05) is 0 Å². The highest BCUT2D eigenvalue weighted by Crippen LogP contribution is 2.33. The van der Waals surface area contributed by atoms with Crippen molar-refractivity contribution in [3.63, 3.8) is 0 Å². The van der Waals surface area contributed by atoms with E-state index >= 15 is 0 Å². The smallest absolute Gasteiger partial charge is 0.343 e. The lowest BCUT2D eigenvalue weighted by atomic mass is 10.0. The summed E-state index contributed by atoms with van der Waals surface area (Å²) < 4.78 is 40.5. The summed E-state index contributed by atoms with van der Waals surface area (Å²) in [5.74, 6) is 0. The van der Waals surface area contributed by atoms with E-state index in [-0.39, 0.29) is 0 Å². The first-order valence-electron chi connectivity index (χ1n) is 8.32. The van der Waals surface area contributed by atoms with E-state index in [1.807, 2.05) is 48.7 Å². The van der Waals surface area contributed by atoms with Crippen molar-refractivity contribution in [3.8, 4) is 11.1 Å². The number of rotatable bonds is 3. The minimum absolute atomic E-state index is 0.630. The number of benzene rings is 3. The van der Waals surface area contributed by atoms with Gasteiger partial charge in [0.15, 0.2) is 0 Å². The van der Waals surface area contributed by atoms with Gasteiger partial charge in [-0.3, -0.25) is 0 Å². The zero-order chi connectivity index (χ0) is 18.1. The lowest BCUT2D eigenvalue weighted by Gasteiger charge is -2.10. The number of aromatic nitrogens is 1. The van der Waals surface area contributed by atoms with Crippen molar-refractivity contribution in [1.29, 1.82) is 0 Å². The molecule has 1 aromatic heterocycles. The molecule has 4 heteroatoms. The van der Waals surface area contributed by atoms with Gasteiger partial charge < -0.3 is 4.57 Å². The minimum atomic E-state index is -4.32. The van der Waals surface area contributed by atoms with Gasteiger partial charge in [-0.05, 0) is 41.0 Å². The van der Waals surface area contributed by atoms with Crippen LogP contribution in [0.3, 0.4) is 0 Å². The zero-order valence-corrected chi connectivity index (χ0v) is 13.9. The van der Waals surface area contributed by atoms with Crippen LogP contribution in [-0.2, 0) is 12.7 Å². The van der Waals surface area contributed by atoms with E-state index in [0.717, 1.165) is 40.7 Å². The molecular formula is C22H16F3N. The average molecular weight is 351 g/mol. The van der Waals surface area contributed by atoms with E-state index in [4.69, 9.17) is 0 Å². The first-order chi connectivity index (χ1) is 12.5. The maximum Gasteiger partial charge on any atom is 0.416 e. The molecule has 0 saturated heterocycles. The van der Waals surface area contributed by atoms with Crippen LogP contribution in [0.2, 0.25) is 0 Å². The molecule has 1 nitrogen and oxygen atoms in total. The molecule has 0 saturated carbocycles. The lowest BCUT2D eigenvalue weighted by molar-refractivity contribution is -0.137. The Morgan fingerprint density at radius 1 is 0.731 bits per heavy atom. The molecule has 0 fully saturated rings. The summed E-state index contributed by atoms with van der Waals surface area (Å²) >= 11 is 0. The third-order valence-electron chi connectivity index (χ3n) is 4.53. The van der Waals surface area contributed by atoms with E-state index < -0.39 is 11.7 Å². The summed E-state index contributed by atoms with van der Waals surface area (Å²) in [7, 11) is 0. The van der Waals surface area contributed by atoms with Gasteiger partial charge in [-0.2, -0.15) is 13.2 Å². The second-order valence-electron chi connectivity index (χ2n) is 6.24. The highest BCUT2D eigenvalue weighted by Gasteiger charge is 2.30. The van der Waals surface area contributed by atoms with Crippen LogP contribution < -0.4 is 0 Å². The van der Waals surface area contributed by atoms with Gasteiger partial charge in [-0.15, -0.1) is 0 Å². The fraction of sp³-hybridized carbons (Fsp3) is 0.0909. The fourth-order valence-corrected chi connectivity index (χ4v) is 3.23. The quantitative estimate of drug-likeness (QED) is 0.404. The molecule has 0 bridgehead atoms. The highest BCUT2D eigenvalue weighted by molar-refractivity contribution is 5.95. The standard InChI is InChI=1S/C22H16F3N/c23-22(24,25)18-11-9-17(10-12-18)19-7-4-8-21-20(19)13-14-26(21)15-16-5-2-1-3-6-16/h1-14H,15H2. The molecule has 0 unspecified atom stereocenters. The van der Waals surface area contributed by atoms with Crippen molar-refractivity contribution in [3.05, 3.63) is 96.2 Å². The van der Waals surface area contributed by atoms with E-state index in [1.165, 1.54) is 17.7 Å². The van der Waals surface area contributed by atoms with Gasteiger partial charge in [0.25, 0.3) is 0 Å². The molecule has 26 heavy (non-hydrogen) atoms. The SMILES string of the molecule is FC(F)(F)c1ccc(-c2cccc3c2ccn3Cc2ccccc2)cc1. The van der Waals surface area contributed by atoms with E-state index in [1.54, 1.807) is 0 Å². The van der Waals surface area contributed by atoms with Gasteiger partial charge in [-0.25, -0.2) is 0 Å². The lowest BCUT2D eigenvalue weighted by Crippen LogP contribution is -2.04. The predicted octanol–water partition coefficient (Wildman–Crippen LogP) is 6.38. The molecule has 4 rings (SSSR count). The average Bonchev–Trinajstić information content (AvgIpc) is 3.05. The van der Waals surface area contributed by atoms with Gasteiger partial charge in [0, 0.05) is 23.6 Å². The number of halogens is 3. The third-order valence-corrected chi connectivity index (χ3v) is 4.53. The Labute approximate surface area is 149 Å². The minimum Gasteiger partial charge on any atom is -0.343 e. The molecule has 0 aliphatic rings. The molecule has 4 aromatic rings. The van der Waals surface area contributed by atoms with Crippen molar-refractivity contribution in [1.82, 2.24) is 4.57 Å². The molecule has 0 atom stereocenters. The van der Waals surface area contributed by atoms with Crippen molar-refractivity contribution < 1.29 is 13.2 Å². The van der Waals surface area contributed by atoms with Crippen molar-refractivity contribution >= 4 is 10.9 Å². The van der Waals surface area contributed by atoms with E-state index in [9.17, 15) is 13.2 Å². The Bertz CT molecular complexity index is 1030. The van der Waals surface area contributed by atoms with Gasteiger partial charge >= 0.3 is 6.18 Å². The third kappa shape index (κ3) is 3.10. The summed E-state index contributed by atoms with van der Waals surface area (Å²) in [4.78, 5) is 0. The first kappa shape index (κ1) is 16.5. The Hall–Kier alpha value is -3.01. The first-order valence-corrected chi connectivity index (χ1v) is 8.32. The van der Waals surface area contributed by atoms with Crippen LogP contribution in [-0.4, -0.2) is 4.57 Å². The summed E-state index contributed by atoms with van der Waals surface area (Å²) in [5.41, 5.74) is 3.34. The Kier molecular flexibility index (Phi) is 4.03. The van der Waals surface area contributed by atoms with Crippen LogP contribution in [0.1, 0.15) is 11.1 Å². The topological polar surface area (TPSA) is 4.93 Å². The highest BCUT2D eigenvalue weighted by atomic mass is 19.4. The monoisotopic (exact) mass is 351 g/mol. The Balaban J connectivity index is 1.73. The largest absolute Gasteiger partial charge is 0.416 e. The molecule has 0 amide bonds. The summed E-state index contributed by atoms with van der Waals surface area (Å²) in [6.07, 6.45) is -2.30. The number of nitrogens with zero attached hydrogens (tertiary/aromatic N) is 1. The Morgan fingerprint density at radius 2 is 1.46 bits per heavy atom. The van der Waals surface area contributed by atoms with Crippen LogP contribution in [0.15, 0.2) is 85.1 Å². The zero-order valence-electron chi connectivity index (χ0n) is 13.9. The number of alkyl halides is 3. The van der Waals surface area contributed by atoms with E-state index in [0.29, 0.717) is 0 Å².